The molecule has 0 aliphatic carbocycles. The van der Waals surface area contributed by atoms with Crippen LogP contribution in [0.1, 0.15) is 25.7 Å². The Bertz CT molecular complexity index is 132. The van der Waals surface area contributed by atoms with Crippen molar-refractivity contribution in [3.05, 3.63) is 0 Å². The van der Waals surface area contributed by atoms with Crippen molar-refractivity contribution in [2.75, 3.05) is 14.1 Å². The van der Waals surface area contributed by atoms with Crippen molar-refractivity contribution in [3.8, 4) is 0 Å². The van der Waals surface area contributed by atoms with Crippen LogP contribution in [0.3, 0.4) is 0 Å². The molecule has 11 heavy (non-hydrogen) atoms. The predicted octanol–water partition coefficient (Wildman–Crippen LogP) is 0.831. The summed E-state index contributed by atoms with van der Waals surface area (Å²) in [6, 6.07) is 2.51. The molecule has 0 saturated carbocycles. The van der Waals surface area contributed by atoms with E-state index in [-0.39, 0.29) is 0 Å². The molecule has 2 heteroatoms. The van der Waals surface area contributed by atoms with Crippen molar-refractivity contribution in [1.29, 1.82) is 0 Å². The van der Waals surface area contributed by atoms with Gasteiger partial charge in [0.1, 0.15) is 0 Å². The molecule has 2 bridgehead atoms. The van der Waals surface area contributed by atoms with Gasteiger partial charge in [-0.15, -0.1) is 0 Å². The lowest BCUT2D eigenvalue weighted by Crippen LogP contribution is -2.45. The van der Waals surface area contributed by atoms with Crippen LogP contribution in [0.2, 0.25) is 0 Å². The zero-order valence-corrected chi connectivity index (χ0v) is 7.51. The second kappa shape index (κ2) is 2.76. The van der Waals surface area contributed by atoms with Crippen LogP contribution in [0, 0.1) is 0 Å². The zero-order chi connectivity index (χ0) is 7.84. The van der Waals surface area contributed by atoms with E-state index in [0.29, 0.717) is 0 Å². The van der Waals surface area contributed by atoms with Crippen LogP contribution in [-0.2, 0) is 0 Å². The van der Waals surface area contributed by atoms with Gasteiger partial charge in [0.2, 0.25) is 0 Å². The Morgan fingerprint density at radius 1 is 1.09 bits per heavy atom. The number of piperidine rings is 1. The average molecular weight is 154 g/mol. The molecule has 2 heterocycles. The minimum Gasteiger partial charge on any atom is -0.311 e. The molecule has 1 N–H and O–H groups in total. The summed E-state index contributed by atoms with van der Waals surface area (Å²) in [7, 11) is 4.41. The third kappa shape index (κ3) is 1.42. The molecule has 2 fully saturated rings. The highest BCUT2D eigenvalue weighted by atomic mass is 15.1. The van der Waals surface area contributed by atoms with Crippen LogP contribution in [0.5, 0.6) is 0 Å². The van der Waals surface area contributed by atoms with E-state index < -0.39 is 0 Å². The van der Waals surface area contributed by atoms with E-state index in [0.717, 1.165) is 18.1 Å². The number of fused-ring (bicyclic) bond motifs is 2. The number of hydrogen-bond donors (Lipinski definition) is 1. The van der Waals surface area contributed by atoms with Gasteiger partial charge in [-0.25, -0.2) is 0 Å². The summed E-state index contributed by atoms with van der Waals surface area (Å²) in [6.07, 6.45) is 5.55. The first-order valence-electron chi connectivity index (χ1n) is 4.68. The molecule has 0 unspecified atom stereocenters. The Morgan fingerprint density at radius 2 is 1.64 bits per heavy atom. The maximum Gasteiger partial charge on any atom is 0.0119 e. The van der Waals surface area contributed by atoms with Gasteiger partial charge < -0.3 is 10.2 Å². The van der Waals surface area contributed by atoms with E-state index in [1.54, 1.807) is 0 Å². The summed E-state index contributed by atoms with van der Waals surface area (Å²) in [6.45, 7) is 0. The van der Waals surface area contributed by atoms with Crippen molar-refractivity contribution < 1.29 is 0 Å². The van der Waals surface area contributed by atoms with Gasteiger partial charge in [-0.3, -0.25) is 0 Å². The van der Waals surface area contributed by atoms with Crippen molar-refractivity contribution >= 4 is 0 Å². The van der Waals surface area contributed by atoms with Crippen molar-refractivity contribution in [2.24, 2.45) is 0 Å². The topological polar surface area (TPSA) is 15.3 Å². The van der Waals surface area contributed by atoms with Crippen LogP contribution >= 0.6 is 0 Å². The van der Waals surface area contributed by atoms with E-state index in [4.69, 9.17) is 0 Å². The van der Waals surface area contributed by atoms with Gasteiger partial charge in [0.15, 0.2) is 0 Å². The second-order valence-corrected chi connectivity index (χ2v) is 4.23. The third-order valence-corrected chi connectivity index (χ3v) is 3.18. The molecular formula is C9H18N2. The van der Waals surface area contributed by atoms with Crippen LogP contribution in [0.15, 0.2) is 0 Å². The molecule has 0 aromatic carbocycles. The van der Waals surface area contributed by atoms with Crippen LogP contribution in [0.4, 0.5) is 0 Å². The molecule has 2 aliphatic rings. The third-order valence-electron chi connectivity index (χ3n) is 3.18. The largest absolute Gasteiger partial charge is 0.311 e. The van der Waals surface area contributed by atoms with Gasteiger partial charge >= 0.3 is 0 Å². The summed E-state index contributed by atoms with van der Waals surface area (Å²) in [4.78, 5) is 2.38. The molecule has 2 atom stereocenters. The maximum atomic E-state index is 3.65. The summed E-state index contributed by atoms with van der Waals surface area (Å²) >= 11 is 0. The maximum absolute atomic E-state index is 3.65. The van der Waals surface area contributed by atoms with Crippen molar-refractivity contribution in [2.45, 2.75) is 43.8 Å². The first kappa shape index (κ1) is 7.56. The fourth-order valence-corrected chi connectivity index (χ4v) is 2.45. The molecule has 0 radical (unpaired) electrons. The Balaban J connectivity index is 1.97. The number of rotatable bonds is 1. The van der Waals surface area contributed by atoms with Gasteiger partial charge in [-0.05, 0) is 39.8 Å². The van der Waals surface area contributed by atoms with Gasteiger partial charge in [0, 0.05) is 18.1 Å². The van der Waals surface area contributed by atoms with E-state index >= 15 is 0 Å². The van der Waals surface area contributed by atoms with Gasteiger partial charge in [0.25, 0.3) is 0 Å². The van der Waals surface area contributed by atoms with Crippen LogP contribution < -0.4 is 5.32 Å². The predicted molar refractivity (Wildman–Crippen MR) is 46.7 cm³/mol. The Kier molecular flexibility index (Phi) is 1.90. The summed E-state index contributed by atoms with van der Waals surface area (Å²) in [5, 5.41) is 3.65. The normalized spacial score (nSPS) is 43.4. The molecule has 64 valence electrons. The lowest BCUT2D eigenvalue weighted by molar-refractivity contribution is 0.203. The van der Waals surface area contributed by atoms with E-state index in [1.807, 2.05) is 0 Å². The van der Waals surface area contributed by atoms with E-state index in [1.165, 1.54) is 25.7 Å². The highest BCUT2D eigenvalue weighted by molar-refractivity contribution is 4.94. The average Bonchev–Trinajstić information content (AvgIpc) is 2.30. The quantitative estimate of drug-likeness (QED) is 0.602. The van der Waals surface area contributed by atoms with E-state index in [2.05, 4.69) is 24.3 Å². The molecule has 2 rings (SSSR count). The van der Waals surface area contributed by atoms with Gasteiger partial charge in [-0.2, -0.15) is 0 Å². The Labute approximate surface area is 69.0 Å². The fraction of sp³-hybridized carbons (Fsp3) is 1.00. The first-order valence-corrected chi connectivity index (χ1v) is 4.68. The summed E-state index contributed by atoms with van der Waals surface area (Å²) < 4.78 is 0. The lowest BCUT2D eigenvalue weighted by atomic mass is 9.99. The Morgan fingerprint density at radius 3 is 2.09 bits per heavy atom. The minimum atomic E-state index is 0.834. The summed E-state index contributed by atoms with van der Waals surface area (Å²) in [5.74, 6) is 0. The number of hydrogen-bond acceptors (Lipinski definition) is 2. The van der Waals surface area contributed by atoms with Gasteiger partial charge in [-0.1, -0.05) is 0 Å². The fourth-order valence-electron chi connectivity index (χ4n) is 2.45. The van der Waals surface area contributed by atoms with Crippen LogP contribution in [-0.4, -0.2) is 37.1 Å². The highest BCUT2D eigenvalue weighted by Crippen LogP contribution is 2.28. The minimum absolute atomic E-state index is 0.834. The Hall–Kier alpha value is -0.0800. The molecule has 0 aromatic heterocycles. The summed E-state index contributed by atoms with van der Waals surface area (Å²) in [5.41, 5.74) is 0. The smallest absolute Gasteiger partial charge is 0.0119 e. The first-order chi connectivity index (χ1) is 5.25. The van der Waals surface area contributed by atoms with Gasteiger partial charge in [0.05, 0.1) is 0 Å². The molecule has 2 aliphatic heterocycles. The molecule has 0 amide bonds. The zero-order valence-electron chi connectivity index (χ0n) is 7.51. The molecule has 0 aromatic rings. The molecule has 2 nitrogen and oxygen atoms in total. The molecule has 2 saturated heterocycles. The number of nitrogens with one attached hydrogen (secondary N) is 1. The monoisotopic (exact) mass is 154 g/mol. The second-order valence-electron chi connectivity index (χ2n) is 4.23. The molecular weight excluding hydrogens is 136 g/mol. The van der Waals surface area contributed by atoms with Crippen LogP contribution in [0.25, 0.3) is 0 Å². The highest BCUT2D eigenvalue weighted by Gasteiger charge is 2.33. The SMILES string of the molecule is CN(C)C1C[C@H]2CC[C@H](C1)N2. The standard InChI is InChI=1S/C9H18N2/c1-11(2)9-5-7-3-4-8(6-9)10-7/h7-10H,3-6H2,1-2H3/t7-,8-/m1/s1. The lowest BCUT2D eigenvalue weighted by Gasteiger charge is -2.33. The van der Waals surface area contributed by atoms with Crippen molar-refractivity contribution in [1.82, 2.24) is 10.2 Å². The number of nitrogens with zero attached hydrogens (tertiary/aromatic N) is 1. The van der Waals surface area contributed by atoms with Crippen molar-refractivity contribution in [3.63, 3.8) is 0 Å². The molecule has 0 spiro atoms. The van der Waals surface area contributed by atoms with E-state index in [9.17, 15) is 0 Å².